The van der Waals surface area contributed by atoms with Gasteiger partial charge in [0.15, 0.2) is 4.34 Å². The quantitative estimate of drug-likeness (QED) is 0.387. The van der Waals surface area contributed by atoms with Crippen molar-refractivity contribution in [1.29, 1.82) is 0 Å². The highest BCUT2D eigenvalue weighted by atomic mass is 32.2. The van der Waals surface area contributed by atoms with Crippen molar-refractivity contribution < 1.29 is 9.47 Å². The Morgan fingerprint density at radius 3 is 2.73 bits per heavy atom. The molecule has 0 spiro atoms. The lowest BCUT2D eigenvalue weighted by Crippen LogP contribution is -1.90. The molecule has 0 radical (unpaired) electrons. The molecule has 0 atom stereocenters. The SMILES string of the molecule is COc1ccc(-c2nc(CSc3nc4ccccc4s3)cs2)c(OC)c1. The van der Waals surface area contributed by atoms with Gasteiger partial charge in [-0.1, -0.05) is 23.9 Å². The van der Waals surface area contributed by atoms with Crippen LogP contribution in [0, 0.1) is 0 Å². The summed E-state index contributed by atoms with van der Waals surface area (Å²) in [6, 6.07) is 14.0. The molecule has 0 fully saturated rings. The molecule has 26 heavy (non-hydrogen) atoms. The molecule has 0 saturated carbocycles. The van der Waals surface area contributed by atoms with Gasteiger partial charge >= 0.3 is 0 Å². The van der Waals surface area contributed by atoms with E-state index in [9.17, 15) is 0 Å². The first-order valence-electron chi connectivity index (χ1n) is 7.92. The summed E-state index contributed by atoms with van der Waals surface area (Å²) in [6.45, 7) is 0. The normalized spacial score (nSPS) is 11.0. The molecule has 4 nitrogen and oxygen atoms in total. The lowest BCUT2D eigenvalue weighted by atomic mass is 10.2. The van der Waals surface area contributed by atoms with E-state index in [-0.39, 0.29) is 0 Å². The number of hydrogen-bond donors (Lipinski definition) is 0. The zero-order valence-electron chi connectivity index (χ0n) is 14.3. The van der Waals surface area contributed by atoms with Crippen LogP contribution >= 0.6 is 34.4 Å². The summed E-state index contributed by atoms with van der Waals surface area (Å²) in [5.74, 6) is 2.34. The lowest BCUT2D eigenvalue weighted by molar-refractivity contribution is 0.395. The standard InChI is InChI=1S/C19H16N2O2S3/c1-22-13-7-8-14(16(9-13)23-2)18-20-12(10-24-18)11-25-19-21-15-5-3-4-6-17(15)26-19/h3-10H,11H2,1-2H3. The maximum Gasteiger partial charge on any atom is 0.151 e. The Morgan fingerprint density at radius 1 is 1.04 bits per heavy atom. The van der Waals surface area contributed by atoms with Crippen LogP contribution in [0.5, 0.6) is 11.5 Å². The minimum absolute atomic E-state index is 0.768. The number of benzene rings is 2. The average molecular weight is 401 g/mol. The first kappa shape index (κ1) is 17.3. The zero-order chi connectivity index (χ0) is 17.9. The van der Waals surface area contributed by atoms with Gasteiger partial charge in [-0.3, -0.25) is 0 Å². The average Bonchev–Trinajstić information content (AvgIpc) is 3.32. The molecule has 4 aromatic rings. The third-order valence-electron chi connectivity index (χ3n) is 3.81. The van der Waals surface area contributed by atoms with Gasteiger partial charge in [-0.2, -0.15) is 0 Å². The number of thiazole rings is 2. The summed E-state index contributed by atoms with van der Waals surface area (Å²) < 4.78 is 13.0. The second-order valence-electron chi connectivity index (χ2n) is 5.45. The van der Waals surface area contributed by atoms with Gasteiger partial charge in [-0.25, -0.2) is 9.97 Å². The predicted molar refractivity (Wildman–Crippen MR) is 110 cm³/mol. The van der Waals surface area contributed by atoms with E-state index in [0.29, 0.717) is 0 Å². The molecule has 2 heterocycles. The Hall–Kier alpha value is -2.09. The minimum atomic E-state index is 0.768. The molecule has 2 aromatic carbocycles. The lowest BCUT2D eigenvalue weighted by Gasteiger charge is -2.08. The summed E-state index contributed by atoms with van der Waals surface area (Å²) in [7, 11) is 3.31. The number of ether oxygens (including phenoxy) is 2. The number of rotatable bonds is 6. The van der Waals surface area contributed by atoms with Crippen molar-refractivity contribution in [2.24, 2.45) is 0 Å². The van der Waals surface area contributed by atoms with Crippen molar-refractivity contribution >= 4 is 44.7 Å². The first-order chi connectivity index (χ1) is 12.8. The Bertz CT molecular complexity index is 1010. The van der Waals surface area contributed by atoms with Gasteiger partial charge in [-0.15, -0.1) is 22.7 Å². The van der Waals surface area contributed by atoms with Crippen LogP contribution in [0.4, 0.5) is 0 Å². The zero-order valence-corrected chi connectivity index (χ0v) is 16.7. The largest absolute Gasteiger partial charge is 0.497 e. The topological polar surface area (TPSA) is 44.2 Å². The highest BCUT2D eigenvalue weighted by Gasteiger charge is 2.12. The van der Waals surface area contributed by atoms with Gasteiger partial charge in [0, 0.05) is 17.2 Å². The Morgan fingerprint density at radius 2 is 1.92 bits per heavy atom. The molecule has 4 rings (SSSR count). The van der Waals surface area contributed by atoms with Crippen LogP contribution in [0.15, 0.2) is 52.2 Å². The monoisotopic (exact) mass is 400 g/mol. The van der Waals surface area contributed by atoms with Crippen molar-refractivity contribution in [2.75, 3.05) is 14.2 Å². The highest BCUT2D eigenvalue weighted by molar-refractivity contribution is 8.00. The van der Waals surface area contributed by atoms with Crippen molar-refractivity contribution in [3.63, 3.8) is 0 Å². The van der Waals surface area contributed by atoms with Crippen LogP contribution in [0.3, 0.4) is 0 Å². The molecule has 0 amide bonds. The van der Waals surface area contributed by atoms with Gasteiger partial charge < -0.3 is 9.47 Å². The molecule has 7 heteroatoms. The van der Waals surface area contributed by atoms with E-state index < -0.39 is 0 Å². The summed E-state index contributed by atoms with van der Waals surface area (Å²) in [4.78, 5) is 9.43. The fourth-order valence-corrected chi connectivity index (χ4v) is 5.44. The van der Waals surface area contributed by atoms with E-state index in [1.54, 1.807) is 48.7 Å². The van der Waals surface area contributed by atoms with Crippen LogP contribution in [0.25, 0.3) is 20.8 Å². The molecule has 0 aliphatic carbocycles. The van der Waals surface area contributed by atoms with E-state index in [0.717, 1.165) is 43.4 Å². The van der Waals surface area contributed by atoms with E-state index in [2.05, 4.69) is 16.4 Å². The molecule has 132 valence electrons. The summed E-state index contributed by atoms with van der Waals surface area (Å²) in [6.07, 6.45) is 0. The number of methoxy groups -OCH3 is 2. The third-order valence-corrected chi connectivity index (χ3v) is 6.95. The number of thioether (sulfide) groups is 1. The Kier molecular flexibility index (Phi) is 5.10. The van der Waals surface area contributed by atoms with Crippen LogP contribution < -0.4 is 9.47 Å². The van der Waals surface area contributed by atoms with E-state index in [1.165, 1.54) is 4.70 Å². The molecular weight excluding hydrogens is 384 g/mol. The van der Waals surface area contributed by atoms with E-state index >= 15 is 0 Å². The highest BCUT2D eigenvalue weighted by Crippen LogP contribution is 2.36. The van der Waals surface area contributed by atoms with Gasteiger partial charge in [0.1, 0.15) is 16.5 Å². The van der Waals surface area contributed by atoms with Gasteiger partial charge in [0.25, 0.3) is 0 Å². The summed E-state index contributed by atoms with van der Waals surface area (Å²) in [5.41, 5.74) is 3.09. The van der Waals surface area contributed by atoms with Gasteiger partial charge in [0.05, 0.1) is 35.7 Å². The third kappa shape index (κ3) is 3.56. The maximum absolute atomic E-state index is 5.49. The van der Waals surface area contributed by atoms with Gasteiger partial charge in [-0.05, 0) is 24.3 Å². The molecule has 0 unspecified atom stereocenters. The smallest absolute Gasteiger partial charge is 0.151 e. The maximum atomic E-state index is 5.49. The van der Waals surface area contributed by atoms with Crippen LogP contribution in [-0.4, -0.2) is 24.2 Å². The summed E-state index contributed by atoms with van der Waals surface area (Å²) in [5, 5.41) is 3.05. The van der Waals surface area contributed by atoms with E-state index in [1.807, 2.05) is 36.4 Å². The Labute approximate surface area is 163 Å². The van der Waals surface area contributed by atoms with E-state index in [4.69, 9.17) is 14.5 Å². The molecule has 2 aromatic heterocycles. The minimum Gasteiger partial charge on any atom is -0.497 e. The van der Waals surface area contributed by atoms with Crippen LogP contribution in [0.2, 0.25) is 0 Å². The van der Waals surface area contributed by atoms with Crippen molar-refractivity contribution in [3.05, 3.63) is 53.5 Å². The fraction of sp³-hybridized carbons (Fsp3) is 0.158. The number of fused-ring (bicyclic) bond motifs is 1. The number of para-hydroxylation sites is 1. The number of nitrogens with zero attached hydrogens (tertiary/aromatic N) is 2. The van der Waals surface area contributed by atoms with Crippen molar-refractivity contribution in [1.82, 2.24) is 9.97 Å². The predicted octanol–water partition coefficient (Wildman–Crippen LogP) is 5.73. The molecule has 0 aliphatic rings. The summed E-state index contributed by atoms with van der Waals surface area (Å²) >= 11 is 5.07. The number of hydrogen-bond acceptors (Lipinski definition) is 7. The first-order valence-corrected chi connectivity index (χ1v) is 10.6. The molecule has 0 bridgehead atoms. The second kappa shape index (κ2) is 7.65. The van der Waals surface area contributed by atoms with Crippen LogP contribution in [-0.2, 0) is 5.75 Å². The molecular formula is C19H16N2O2S3. The van der Waals surface area contributed by atoms with Crippen molar-refractivity contribution in [2.45, 2.75) is 10.1 Å². The molecule has 0 saturated heterocycles. The number of aromatic nitrogens is 2. The second-order valence-corrected chi connectivity index (χ2v) is 8.56. The van der Waals surface area contributed by atoms with Crippen LogP contribution in [0.1, 0.15) is 5.69 Å². The molecule has 0 aliphatic heterocycles. The van der Waals surface area contributed by atoms with Gasteiger partial charge in [0.2, 0.25) is 0 Å². The molecule has 0 N–H and O–H groups in total. The van der Waals surface area contributed by atoms with Crippen molar-refractivity contribution in [3.8, 4) is 22.1 Å². The Balaban J connectivity index is 1.51. The fourth-order valence-electron chi connectivity index (χ4n) is 2.52.